The van der Waals surface area contributed by atoms with Crippen molar-refractivity contribution in [1.82, 2.24) is 14.5 Å². The Morgan fingerprint density at radius 3 is 2.73 bits per heavy atom. The third-order valence-corrected chi connectivity index (χ3v) is 5.13. The largest absolute Gasteiger partial charge is 0.341 e. The molecule has 6 heteroatoms. The zero-order chi connectivity index (χ0) is 15.9. The molecule has 0 aliphatic carbocycles. The van der Waals surface area contributed by atoms with E-state index in [4.69, 9.17) is 0 Å². The van der Waals surface area contributed by atoms with Crippen molar-refractivity contribution in [2.45, 2.75) is 33.7 Å². The molecule has 2 aromatic heterocycles. The highest BCUT2D eigenvalue weighted by molar-refractivity contribution is 7.18. The number of aryl methyl sites for hydroxylation is 1. The molecule has 3 heterocycles. The second kappa shape index (κ2) is 5.83. The summed E-state index contributed by atoms with van der Waals surface area (Å²) in [5.74, 6) is 1.04. The maximum Gasteiger partial charge on any atom is 0.262 e. The number of hydrogen-bond acceptors (Lipinski definition) is 4. The van der Waals surface area contributed by atoms with Crippen LogP contribution in [0.5, 0.6) is 0 Å². The van der Waals surface area contributed by atoms with Gasteiger partial charge in [-0.25, -0.2) is 4.98 Å². The molecule has 118 valence electrons. The number of fused-ring (bicyclic) bond motifs is 1. The Labute approximate surface area is 133 Å². The van der Waals surface area contributed by atoms with Gasteiger partial charge in [-0.1, -0.05) is 13.8 Å². The predicted molar refractivity (Wildman–Crippen MR) is 88.1 cm³/mol. The molecular formula is C16H21N3O2S. The normalized spacial score (nSPS) is 22.2. The molecule has 1 aliphatic heterocycles. The van der Waals surface area contributed by atoms with E-state index >= 15 is 0 Å². The number of piperidine rings is 1. The predicted octanol–water partition coefficient (Wildman–Crippen LogP) is 2.27. The van der Waals surface area contributed by atoms with Gasteiger partial charge in [-0.3, -0.25) is 14.2 Å². The Balaban J connectivity index is 1.82. The number of nitrogens with zero attached hydrogens (tertiary/aromatic N) is 3. The summed E-state index contributed by atoms with van der Waals surface area (Å²) >= 11 is 1.50. The van der Waals surface area contributed by atoms with Crippen LogP contribution in [0.1, 0.15) is 25.1 Å². The molecule has 0 aromatic carbocycles. The van der Waals surface area contributed by atoms with Crippen molar-refractivity contribution < 1.29 is 4.79 Å². The van der Waals surface area contributed by atoms with E-state index in [9.17, 15) is 9.59 Å². The standard InChI is InChI=1S/C16H21N3O2S/c1-10-4-11(2)7-18(6-10)14(20)8-19-9-17-15-13(16(19)21)5-12(3)22-15/h5,9-11H,4,6-8H2,1-3H3/t10-,11-/m0/s1. The molecule has 0 N–H and O–H groups in total. The number of hydrogen-bond donors (Lipinski definition) is 0. The average Bonchev–Trinajstić information content (AvgIpc) is 2.82. The lowest BCUT2D eigenvalue weighted by Crippen LogP contribution is -2.44. The minimum atomic E-state index is -0.124. The van der Waals surface area contributed by atoms with E-state index < -0.39 is 0 Å². The molecule has 1 saturated heterocycles. The maximum absolute atomic E-state index is 12.5. The van der Waals surface area contributed by atoms with Crippen molar-refractivity contribution in [3.63, 3.8) is 0 Å². The first-order valence-corrected chi connectivity index (χ1v) is 8.49. The molecule has 2 atom stereocenters. The van der Waals surface area contributed by atoms with Gasteiger partial charge < -0.3 is 4.90 Å². The Bertz CT molecular complexity index is 754. The minimum absolute atomic E-state index is 0.00796. The van der Waals surface area contributed by atoms with Gasteiger partial charge in [-0.05, 0) is 31.2 Å². The zero-order valence-electron chi connectivity index (χ0n) is 13.2. The lowest BCUT2D eigenvalue weighted by molar-refractivity contribution is -0.134. The van der Waals surface area contributed by atoms with Crippen LogP contribution in [-0.4, -0.2) is 33.4 Å². The lowest BCUT2D eigenvalue weighted by Gasteiger charge is -2.35. The number of carbonyl (C=O) groups is 1. The fourth-order valence-corrected chi connectivity index (χ4v) is 4.14. The van der Waals surface area contributed by atoms with E-state index in [2.05, 4.69) is 18.8 Å². The molecule has 3 rings (SSSR count). The molecule has 1 amide bonds. The van der Waals surface area contributed by atoms with Crippen LogP contribution in [0.4, 0.5) is 0 Å². The van der Waals surface area contributed by atoms with E-state index in [1.165, 1.54) is 22.2 Å². The van der Waals surface area contributed by atoms with E-state index in [1.807, 2.05) is 17.9 Å². The van der Waals surface area contributed by atoms with Gasteiger partial charge >= 0.3 is 0 Å². The Morgan fingerprint density at radius 1 is 1.36 bits per heavy atom. The highest BCUT2D eigenvalue weighted by Gasteiger charge is 2.25. The summed E-state index contributed by atoms with van der Waals surface area (Å²) in [6, 6.07) is 1.85. The van der Waals surface area contributed by atoms with E-state index in [0.717, 1.165) is 29.2 Å². The van der Waals surface area contributed by atoms with Crippen LogP contribution >= 0.6 is 11.3 Å². The van der Waals surface area contributed by atoms with Crippen molar-refractivity contribution in [3.8, 4) is 0 Å². The first-order valence-electron chi connectivity index (χ1n) is 7.67. The van der Waals surface area contributed by atoms with Crippen LogP contribution in [0.2, 0.25) is 0 Å². The summed E-state index contributed by atoms with van der Waals surface area (Å²) in [6.07, 6.45) is 2.65. The molecule has 0 saturated carbocycles. The quantitative estimate of drug-likeness (QED) is 0.853. The van der Waals surface area contributed by atoms with Crippen LogP contribution in [0.3, 0.4) is 0 Å². The second-order valence-electron chi connectivity index (χ2n) is 6.50. The van der Waals surface area contributed by atoms with Crippen molar-refractivity contribution in [2.75, 3.05) is 13.1 Å². The number of thiophene rings is 1. The van der Waals surface area contributed by atoms with Crippen molar-refractivity contribution in [2.24, 2.45) is 11.8 Å². The van der Waals surface area contributed by atoms with Gasteiger partial charge in [0.1, 0.15) is 11.4 Å². The van der Waals surface area contributed by atoms with Gasteiger partial charge in [-0.2, -0.15) is 0 Å². The lowest BCUT2D eigenvalue weighted by atomic mass is 9.92. The summed E-state index contributed by atoms with van der Waals surface area (Å²) < 4.78 is 1.43. The SMILES string of the molecule is Cc1cc2c(=O)n(CC(=O)N3C[C@@H](C)C[C@H](C)C3)cnc2s1. The fraction of sp³-hybridized carbons (Fsp3) is 0.562. The molecular weight excluding hydrogens is 298 g/mol. The molecule has 5 nitrogen and oxygen atoms in total. The highest BCUT2D eigenvalue weighted by Crippen LogP contribution is 2.21. The number of rotatable bonds is 2. The van der Waals surface area contributed by atoms with Gasteiger partial charge in [0.05, 0.1) is 11.7 Å². The van der Waals surface area contributed by atoms with E-state index in [1.54, 1.807) is 0 Å². The molecule has 0 unspecified atom stereocenters. The Morgan fingerprint density at radius 2 is 2.05 bits per heavy atom. The van der Waals surface area contributed by atoms with Crippen molar-refractivity contribution >= 4 is 27.5 Å². The average molecular weight is 319 g/mol. The molecule has 0 spiro atoms. The first-order chi connectivity index (χ1) is 10.4. The third-order valence-electron chi connectivity index (χ3n) is 4.17. The van der Waals surface area contributed by atoms with Crippen molar-refractivity contribution in [1.29, 1.82) is 0 Å². The molecule has 0 bridgehead atoms. The molecule has 22 heavy (non-hydrogen) atoms. The second-order valence-corrected chi connectivity index (χ2v) is 7.73. The van der Waals surface area contributed by atoms with Gasteiger partial charge in [0.2, 0.25) is 5.91 Å². The number of carbonyl (C=O) groups excluding carboxylic acids is 1. The van der Waals surface area contributed by atoms with Crippen LogP contribution in [0, 0.1) is 18.8 Å². The van der Waals surface area contributed by atoms with Gasteiger partial charge in [0.15, 0.2) is 0 Å². The summed E-state index contributed by atoms with van der Waals surface area (Å²) in [6.45, 7) is 7.94. The molecule has 1 fully saturated rings. The summed E-state index contributed by atoms with van der Waals surface area (Å²) in [5.41, 5.74) is -0.124. The maximum atomic E-state index is 12.5. The van der Waals surface area contributed by atoms with Gasteiger partial charge in [0, 0.05) is 18.0 Å². The molecule has 0 radical (unpaired) electrons. The minimum Gasteiger partial charge on any atom is -0.341 e. The van der Waals surface area contributed by atoms with Gasteiger partial charge in [-0.15, -0.1) is 11.3 Å². The van der Waals surface area contributed by atoms with Crippen LogP contribution in [0.25, 0.3) is 10.2 Å². The first kappa shape index (κ1) is 15.2. The van der Waals surface area contributed by atoms with E-state index in [0.29, 0.717) is 17.2 Å². The highest BCUT2D eigenvalue weighted by atomic mass is 32.1. The van der Waals surface area contributed by atoms with Crippen LogP contribution < -0.4 is 5.56 Å². The van der Waals surface area contributed by atoms with Crippen LogP contribution in [0.15, 0.2) is 17.2 Å². The molecule has 1 aliphatic rings. The van der Waals surface area contributed by atoms with Crippen LogP contribution in [-0.2, 0) is 11.3 Å². The topological polar surface area (TPSA) is 55.2 Å². The Hall–Kier alpha value is -1.69. The Kier molecular flexibility index (Phi) is 4.04. The third kappa shape index (κ3) is 2.92. The number of amides is 1. The number of likely N-dealkylation sites (tertiary alicyclic amines) is 1. The summed E-state index contributed by atoms with van der Waals surface area (Å²) in [4.78, 5) is 32.9. The smallest absolute Gasteiger partial charge is 0.262 e. The summed E-state index contributed by atoms with van der Waals surface area (Å²) in [5, 5.41) is 0.609. The number of aromatic nitrogens is 2. The van der Waals surface area contributed by atoms with Gasteiger partial charge in [0.25, 0.3) is 5.56 Å². The monoisotopic (exact) mass is 319 g/mol. The van der Waals surface area contributed by atoms with Crippen molar-refractivity contribution in [3.05, 3.63) is 27.6 Å². The zero-order valence-corrected chi connectivity index (χ0v) is 14.0. The molecule has 2 aromatic rings. The van der Waals surface area contributed by atoms with E-state index in [-0.39, 0.29) is 18.0 Å². The summed E-state index contributed by atoms with van der Waals surface area (Å²) in [7, 11) is 0. The fourth-order valence-electron chi connectivity index (χ4n) is 3.31.